The van der Waals surface area contributed by atoms with Crippen LogP contribution in [-0.4, -0.2) is 150 Å². The Morgan fingerprint density at radius 2 is 0.870 bits per heavy atom. The molecular weight excluding hydrogens is 1970 g/mol. The fraction of sp³-hybridized carbons (Fsp3) is 0.345. The summed E-state index contributed by atoms with van der Waals surface area (Å²) in [6, 6.07) is 38.7. The lowest BCUT2D eigenvalue weighted by atomic mass is 9.98. The Balaban J connectivity index is 0.000000144. The molecule has 758 valence electrons. The first kappa shape index (κ1) is 103. The number of benzene rings is 8. The van der Waals surface area contributed by atoms with E-state index >= 15 is 0 Å². The fourth-order valence-corrected chi connectivity index (χ4v) is 22.5. The van der Waals surface area contributed by atoms with E-state index in [1.54, 1.807) is 45.8 Å². The molecule has 16 aromatic rings. The zero-order chi connectivity index (χ0) is 104. The van der Waals surface area contributed by atoms with E-state index in [4.69, 9.17) is 104 Å². The number of carboxylic acids is 2. The molecule has 146 heavy (non-hydrogen) atoms. The molecule has 27 nitrogen and oxygen atoms in total. The molecule has 4 aliphatic rings. The largest absolute Gasteiger partial charge is 0.494 e. The number of nitrogens with one attached hydrogen (secondary N) is 1. The number of anilines is 2. The number of amides is 4. The number of hydrogen-bond acceptors (Lipinski definition) is 14. The van der Waals surface area contributed by atoms with E-state index in [0.717, 1.165) is 189 Å². The molecule has 1 aliphatic carbocycles. The zero-order valence-corrected chi connectivity index (χ0v) is 89.5. The number of carbonyl (C=O) groups is 6. The van der Waals surface area contributed by atoms with Crippen LogP contribution in [-0.2, 0) is 67.1 Å². The van der Waals surface area contributed by atoms with Crippen LogP contribution >= 0.6 is 69.6 Å². The van der Waals surface area contributed by atoms with Crippen LogP contribution in [0.2, 0.25) is 30.1 Å². The van der Waals surface area contributed by atoms with Gasteiger partial charge in [-0.1, -0.05) is 93.9 Å². The van der Waals surface area contributed by atoms with Crippen LogP contribution < -0.4 is 29.3 Å². The van der Waals surface area contributed by atoms with Gasteiger partial charge in [0.05, 0.1) is 86.1 Å². The quantitative estimate of drug-likeness (QED) is 0.0403. The van der Waals surface area contributed by atoms with Gasteiger partial charge in [0.15, 0.2) is 5.82 Å². The van der Waals surface area contributed by atoms with E-state index in [2.05, 4.69) is 38.0 Å². The van der Waals surface area contributed by atoms with Crippen molar-refractivity contribution >= 4 is 160 Å². The lowest BCUT2D eigenvalue weighted by molar-refractivity contribution is 0.0632. The predicted octanol–water partition coefficient (Wildman–Crippen LogP) is 25.1. The Labute approximate surface area is 876 Å². The zero-order valence-electron chi connectivity index (χ0n) is 84.9. The Morgan fingerprint density at radius 1 is 0.445 bits per heavy atom. The SMILES string of the molecule is Cc1cc(OCCCc2c3n(c4c(-c5c(C)nn(C)c5C)c(Cl)ccc24)CCCN(c2cccc(C(=O)NCC4CC4)c2)C3=O)cc(C)c1Cl.Cc1cc(OCCCc2c3n(c4c(-c5c(C)nn(C)c5C)c(Cl)ccc24)CCCN(c2nn(C)c4cc(C(=O)O)ccc24)C3=O)cc(C)c1Cl.Cc1cc(OCCCc2c3n(c4c(-c5c(C)nn(C)c5C)c(Cl)ccc24)[C@H](C)CN(Cc2ccc(C(=O)O)o2)C3=O)cc(C)c1Cl. The van der Waals surface area contributed by atoms with E-state index < -0.39 is 11.9 Å². The number of aryl methyl sites for hydroxylation is 18. The summed E-state index contributed by atoms with van der Waals surface area (Å²) in [5.41, 5.74) is 26.4. The van der Waals surface area contributed by atoms with Crippen molar-refractivity contribution in [3.63, 3.8) is 0 Å². The monoisotopic (exact) mass is 2090 g/mol. The van der Waals surface area contributed by atoms with E-state index in [1.807, 2.05) is 213 Å². The van der Waals surface area contributed by atoms with Crippen LogP contribution in [0.1, 0.15) is 211 Å². The predicted molar refractivity (Wildman–Crippen MR) is 577 cm³/mol. The molecule has 4 amide bonds. The Morgan fingerprint density at radius 3 is 1.29 bits per heavy atom. The number of aromatic nitrogens is 11. The Bertz CT molecular complexity index is 7920. The Kier molecular flexibility index (Phi) is 29.5. The summed E-state index contributed by atoms with van der Waals surface area (Å²) < 4.78 is 37.7. The van der Waals surface area contributed by atoms with Gasteiger partial charge in [-0.3, -0.25) is 42.8 Å². The average molecular weight is 2090 g/mol. The summed E-state index contributed by atoms with van der Waals surface area (Å²) in [6.07, 6.45) is 7.55. The summed E-state index contributed by atoms with van der Waals surface area (Å²) in [5, 5.41) is 48.5. The first-order valence-corrected chi connectivity index (χ1v) is 51.6. The molecular formula is C113H117Cl6N15O12. The number of hydrogen-bond donors (Lipinski definition) is 3. The van der Waals surface area contributed by atoms with Gasteiger partial charge in [0, 0.05) is 172 Å². The first-order valence-electron chi connectivity index (χ1n) is 49.3. The molecule has 0 radical (unpaired) electrons. The number of furan rings is 1. The van der Waals surface area contributed by atoms with Gasteiger partial charge in [-0.05, 0) is 313 Å². The number of ether oxygens (including phenoxy) is 3. The van der Waals surface area contributed by atoms with Crippen molar-refractivity contribution in [2.45, 2.75) is 180 Å². The highest BCUT2D eigenvalue weighted by atomic mass is 35.5. The third-order valence-corrected chi connectivity index (χ3v) is 31.6. The second kappa shape index (κ2) is 41.9. The molecule has 20 rings (SSSR count). The molecule has 33 heteroatoms. The van der Waals surface area contributed by atoms with Gasteiger partial charge in [-0.2, -0.15) is 20.4 Å². The number of carbonyl (C=O) groups excluding carboxylic acids is 4. The average Bonchev–Trinajstić information content (AvgIpc) is 1.56. The maximum atomic E-state index is 15.0. The summed E-state index contributed by atoms with van der Waals surface area (Å²) in [6.45, 7) is 30.8. The standard InChI is InChI=1S/C40H43Cl2N5O3.C38H38Cl2N6O4.C35H36Cl2N4O5/c1-23-19-30(20-24(2)36(23)42)50-18-7-11-31-32-14-15-33(41)35(34-25(3)44-45(5)26(34)4)37(32)47-17-8-16-46(40(49)38(31)47)29-10-6-9-28(21-29)39(48)43-22-27-12-13-27;1-20-17-25(18-21(2)33(20)40)50-16-7-9-26-27-12-13-29(39)32(31-22(3)41-43(5)23(31)4)34(27)45-14-8-15-46(37(47)35(26)45)36-28-11-10-24(38(48)49)19-30(28)44(6)42-36;1-18-14-24(15-19(2)31(18)37)45-13-7-8-25-26-10-11-27(36)30(29-21(4)38-39(6)22(29)5)32(26)41-20(3)16-40(34(42)33(25)41)17-23-9-12-28(46-23)35(43)44/h6,9-10,14-15,19-21,27H,7-8,11-13,16-18,22H2,1-5H3,(H,43,48);10-13,17-19H,7-9,14-16H2,1-6H3,(H,48,49);9-12,14-15,20H,7-8,13,16-17H2,1-6H3,(H,43,44)/t;;20-/m..1/s1. The molecule has 1 saturated carbocycles. The third-order valence-electron chi connectivity index (χ3n) is 28.9. The highest BCUT2D eigenvalue weighted by Crippen LogP contribution is 2.50. The molecule has 1 fully saturated rings. The third kappa shape index (κ3) is 19.6. The highest BCUT2D eigenvalue weighted by Gasteiger charge is 2.41. The molecule has 0 saturated heterocycles. The van der Waals surface area contributed by atoms with Gasteiger partial charge in [-0.15, -0.1) is 0 Å². The van der Waals surface area contributed by atoms with Crippen LogP contribution in [0.5, 0.6) is 17.2 Å². The Hall–Kier alpha value is -13.3. The molecule has 0 bridgehead atoms. The van der Waals surface area contributed by atoms with Crippen molar-refractivity contribution in [2.75, 3.05) is 55.8 Å². The molecule has 11 heterocycles. The van der Waals surface area contributed by atoms with Crippen LogP contribution in [0.15, 0.2) is 132 Å². The van der Waals surface area contributed by atoms with E-state index in [0.29, 0.717) is 176 Å². The summed E-state index contributed by atoms with van der Waals surface area (Å²) in [7, 11) is 7.54. The van der Waals surface area contributed by atoms with Crippen LogP contribution in [0, 0.1) is 89.0 Å². The lowest BCUT2D eigenvalue weighted by Crippen LogP contribution is -2.42. The number of nitrogens with zero attached hydrogens (tertiary/aromatic N) is 14. The second-order valence-corrected chi connectivity index (χ2v) is 41.4. The molecule has 8 aromatic heterocycles. The summed E-state index contributed by atoms with van der Waals surface area (Å²) in [5.74, 6) is 0.964. The number of aromatic carboxylic acids is 2. The summed E-state index contributed by atoms with van der Waals surface area (Å²) in [4.78, 5) is 85.7. The topological polar surface area (TPSA) is 292 Å². The van der Waals surface area contributed by atoms with Gasteiger partial charge < -0.3 is 57.7 Å². The first-order chi connectivity index (χ1) is 69.8. The highest BCUT2D eigenvalue weighted by molar-refractivity contribution is 6.37. The number of halogens is 6. The maximum Gasteiger partial charge on any atom is 0.371 e. The van der Waals surface area contributed by atoms with Crippen molar-refractivity contribution in [1.29, 1.82) is 0 Å². The minimum atomic E-state index is -1.15. The molecule has 0 spiro atoms. The second-order valence-electron chi connectivity index (χ2n) is 39.0. The van der Waals surface area contributed by atoms with Gasteiger partial charge >= 0.3 is 11.9 Å². The van der Waals surface area contributed by atoms with Gasteiger partial charge in [0.1, 0.15) is 40.1 Å². The van der Waals surface area contributed by atoms with Crippen LogP contribution in [0.4, 0.5) is 11.5 Å². The molecule has 3 N–H and O–H groups in total. The van der Waals surface area contributed by atoms with Crippen LogP contribution in [0.3, 0.4) is 0 Å². The van der Waals surface area contributed by atoms with Crippen molar-refractivity contribution in [2.24, 2.45) is 34.1 Å². The number of fused-ring (bicyclic) bond motifs is 10. The molecule has 8 aromatic carbocycles. The van der Waals surface area contributed by atoms with Crippen molar-refractivity contribution in [1.82, 2.24) is 63.0 Å². The van der Waals surface area contributed by atoms with Gasteiger partial charge in [-0.25, -0.2) is 9.59 Å². The van der Waals surface area contributed by atoms with Crippen molar-refractivity contribution < 1.29 is 57.6 Å². The smallest absolute Gasteiger partial charge is 0.371 e. The minimum absolute atomic E-state index is 0.0872. The number of carboxylic acid groups (broad SMARTS) is 2. The lowest BCUT2D eigenvalue weighted by Gasteiger charge is -2.34. The van der Waals surface area contributed by atoms with E-state index in [-0.39, 0.29) is 47.5 Å². The number of rotatable bonds is 27. The van der Waals surface area contributed by atoms with E-state index in [9.17, 15) is 39.0 Å². The molecule has 0 unspecified atom stereocenters. The minimum Gasteiger partial charge on any atom is -0.494 e. The fourth-order valence-electron chi connectivity index (χ4n) is 21.5. The van der Waals surface area contributed by atoms with E-state index in [1.165, 1.54) is 18.9 Å². The molecule has 1 atom stereocenters. The summed E-state index contributed by atoms with van der Waals surface area (Å²) >= 11 is 40.2. The van der Waals surface area contributed by atoms with Crippen LogP contribution in [0.25, 0.3) is 77.0 Å². The van der Waals surface area contributed by atoms with Crippen molar-refractivity contribution in [3.05, 3.63) is 281 Å². The van der Waals surface area contributed by atoms with Gasteiger partial charge in [0.25, 0.3) is 23.6 Å². The van der Waals surface area contributed by atoms with Crippen molar-refractivity contribution in [3.8, 4) is 50.6 Å². The maximum absolute atomic E-state index is 15.0. The van der Waals surface area contributed by atoms with Gasteiger partial charge in [0.2, 0.25) is 5.76 Å². The normalized spacial score (nSPS) is 14.2. The molecule has 3 aliphatic heterocycles.